The summed E-state index contributed by atoms with van der Waals surface area (Å²) in [6, 6.07) is 9.30. The van der Waals surface area contributed by atoms with E-state index in [0.29, 0.717) is 5.02 Å². The highest BCUT2D eigenvalue weighted by atomic mass is 35.5. The molecule has 0 spiro atoms. The predicted octanol–water partition coefficient (Wildman–Crippen LogP) is 3.24. The maximum Gasteiger partial charge on any atom is 0.225 e. The van der Waals surface area contributed by atoms with Gasteiger partial charge in [0.15, 0.2) is 9.84 Å². The Hall–Kier alpha value is -2.45. The molecule has 0 fully saturated rings. The van der Waals surface area contributed by atoms with Gasteiger partial charge in [0.25, 0.3) is 0 Å². The molecule has 26 heavy (non-hydrogen) atoms. The highest BCUT2D eigenvalue weighted by molar-refractivity contribution is 7.91. The van der Waals surface area contributed by atoms with Gasteiger partial charge >= 0.3 is 0 Å². The molecule has 2 aromatic rings. The van der Waals surface area contributed by atoms with Gasteiger partial charge in [-0.2, -0.15) is 0 Å². The largest absolute Gasteiger partial charge is 0.326 e. The van der Waals surface area contributed by atoms with E-state index in [9.17, 15) is 22.4 Å². The fraction of sp³-hybridized carbons (Fsp3) is 0.176. The van der Waals surface area contributed by atoms with Gasteiger partial charge < -0.3 is 10.6 Å². The van der Waals surface area contributed by atoms with E-state index in [1.807, 2.05) is 0 Å². The average molecular weight is 399 g/mol. The molecule has 0 saturated heterocycles. The molecule has 138 valence electrons. The zero-order chi connectivity index (χ0) is 19.3. The van der Waals surface area contributed by atoms with Crippen molar-refractivity contribution in [2.45, 2.75) is 18.2 Å². The van der Waals surface area contributed by atoms with Gasteiger partial charge in [-0.05, 0) is 42.5 Å². The summed E-state index contributed by atoms with van der Waals surface area (Å²) in [5.74, 6) is -2.05. The number of carbonyl (C=O) groups is 2. The molecule has 0 aliphatic carbocycles. The number of benzene rings is 2. The van der Waals surface area contributed by atoms with Gasteiger partial charge in [-0.1, -0.05) is 11.6 Å². The number of nitrogens with one attached hydrogen (secondary N) is 2. The van der Waals surface area contributed by atoms with Crippen LogP contribution in [-0.4, -0.2) is 26.0 Å². The van der Waals surface area contributed by atoms with Crippen molar-refractivity contribution >= 4 is 44.6 Å². The molecule has 0 heterocycles. The lowest BCUT2D eigenvalue weighted by Crippen LogP contribution is -2.17. The van der Waals surface area contributed by atoms with Crippen LogP contribution in [0.3, 0.4) is 0 Å². The summed E-state index contributed by atoms with van der Waals surface area (Å²) in [4.78, 5) is 23.1. The second-order valence-electron chi connectivity index (χ2n) is 5.45. The molecule has 0 saturated carbocycles. The van der Waals surface area contributed by atoms with Crippen LogP contribution in [0.25, 0.3) is 0 Å². The topological polar surface area (TPSA) is 92.3 Å². The summed E-state index contributed by atoms with van der Waals surface area (Å²) in [6.07, 6.45) is -0.280. The molecule has 9 heteroatoms. The van der Waals surface area contributed by atoms with Crippen LogP contribution in [0.4, 0.5) is 15.8 Å². The number of anilines is 2. The normalized spacial score (nSPS) is 11.0. The smallest absolute Gasteiger partial charge is 0.225 e. The summed E-state index contributed by atoms with van der Waals surface area (Å²) in [5, 5.41) is 5.18. The van der Waals surface area contributed by atoms with E-state index < -0.39 is 27.5 Å². The fourth-order valence-corrected chi connectivity index (χ4v) is 3.47. The summed E-state index contributed by atoms with van der Waals surface area (Å²) in [6.45, 7) is 1.23. The van der Waals surface area contributed by atoms with Crippen LogP contribution in [0.2, 0.25) is 5.02 Å². The molecule has 0 radical (unpaired) electrons. The monoisotopic (exact) mass is 398 g/mol. The third-order valence-electron chi connectivity index (χ3n) is 3.33. The van der Waals surface area contributed by atoms with Crippen LogP contribution in [0.1, 0.15) is 13.3 Å². The Bertz CT molecular complexity index is 930. The molecular weight excluding hydrogens is 383 g/mol. The molecule has 2 amide bonds. The van der Waals surface area contributed by atoms with Crippen LogP contribution in [-0.2, 0) is 19.4 Å². The number of carbonyl (C=O) groups excluding carboxylic acids is 2. The first-order valence-corrected chi connectivity index (χ1v) is 9.56. The number of amides is 2. The Balaban J connectivity index is 2.00. The first kappa shape index (κ1) is 19.9. The minimum Gasteiger partial charge on any atom is -0.326 e. The average Bonchev–Trinajstić information content (AvgIpc) is 2.56. The molecule has 0 aromatic heterocycles. The van der Waals surface area contributed by atoms with Crippen LogP contribution in [0.15, 0.2) is 47.4 Å². The third-order valence-corrected chi connectivity index (χ3v) is 5.32. The van der Waals surface area contributed by atoms with Crippen LogP contribution >= 0.6 is 11.6 Å². The van der Waals surface area contributed by atoms with Gasteiger partial charge in [-0.25, -0.2) is 12.8 Å². The van der Waals surface area contributed by atoms with Crippen molar-refractivity contribution < 1.29 is 22.4 Å². The lowest BCUT2D eigenvalue weighted by atomic mass is 10.2. The number of halogens is 2. The molecular formula is C17H16ClFN2O4S. The molecule has 6 nitrogen and oxygen atoms in total. The summed E-state index contributed by atoms with van der Waals surface area (Å²) >= 11 is 5.72. The first-order chi connectivity index (χ1) is 12.2. The molecule has 2 aromatic carbocycles. The van der Waals surface area contributed by atoms with Crippen molar-refractivity contribution in [1.82, 2.24) is 0 Å². The quantitative estimate of drug-likeness (QED) is 0.781. The molecule has 2 N–H and O–H groups in total. The lowest BCUT2D eigenvalue weighted by Gasteiger charge is -2.09. The molecule has 0 aliphatic rings. The second-order valence-corrected chi connectivity index (χ2v) is 7.99. The third kappa shape index (κ3) is 5.53. The molecule has 0 unspecified atom stereocenters. The summed E-state index contributed by atoms with van der Waals surface area (Å²) in [5.41, 5.74) is 0.160. The van der Waals surface area contributed by atoms with Crippen LogP contribution < -0.4 is 10.6 Å². The Morgan fingerprint density at radius 1 is 1.08 bits per heavy atom. The van der Waals surface area contributed by atoms with Crippen molar-refractivity contribution in [3.63, 3.8) is 0 Å². The van der Waals surface area contributed by atoms with Crippen molar-refractivity contribution in [1.29, 1.82) is 0 Å². The van der Waals surface area contributed by atoms with Crippen molar-refractivity contribution in [2.24, 2.45) is 0 Å². The highest BCUT2D eigenvalue weighted by Crippen LogP contribution is 2.20. The van der Waals surface area contributed by atoms with E-state index in [0.717, 1.165) is 6.07 Å². The summed E-state index contributed by atoms with van der Waals surface area (Å²) in [7, 11) is -3.63. The SMILES string of the molecule is CC(=O)Nc1cc(NC(=O)CCS(=O)(=O)c2ccc(Cl)cc2)ccc1F. The number of rotatable bonds is 6. The van der Waals surface area contributed by atoms with Crippen LogP contribution in [0.5, 0.6) is 0 Å². The van der Waals surface area contributed by atoms with Gasteiger partial charge in [-0.3, -0.25) is 9.59 Å². The Morgan fingerprint density at radius 3 is 2.35 bits per heavy atom. The minimum absolute atomic E-state index is 0.0735. The summed E-state index contributed by atoms with van der Waals surface area (Å²) < 4.78 is 38.0. The zero-order valence-corrected chi connectivity index (χ0v) is 15.3. The van der Waals surface area contributed by atoms with Crippen molar-refractivity contribution in [2.75, 3.05) is 16.4 Å². The number of sulfone groups is 1. The van der Waals surface area contributed by atoms with E-state index in [4.69, 9.17) is 11.6 Å². The number of hydrogen-bond acceptors (Lipinski definition) is 4. The Morgan fingerprint density at radius 2 is 1.73 bits per heavy atom. The number of hydrogen-bond donors (Lipinski definition) is 2. The van der Waals surface area contributed by atoms with Gasteiger partial charge in [0.2, 0.25) is 11.8 Å². The molecule has 2 rings (SSSR count). The van der Waals surface area contributed by atoms with Gasteiger partial charge in [-0.15, -0.1) is 0 Å². The maximum atomic E-state index is 13.6. The zero-order valence-electron chi connectivity index (χ0n) is 13.8. The fourth-order valence-electron chi connectivity index (χ4n) is 2.10. The van der Waals surface area contributed by atoms with Crippen molar-refractivity contribution in [3.8, 4) is 0 Å². The second kappa shape index (κ2) is 8.29. The maximum absolute atomic E-state index is 13.6. The predicted molar refractivity (Wildman–Crippen MR) is 97.5 cm³/mol. The van der Waals surface area contributed by atoms with Gasteiger partial charge in [0.1, 0.15) is 5.82 Å². The highest BCUT2D eigenvalue weighted by Gasteiger charge is 2.17. The van der Waals surface area contributed by atoms with E-state index >= 15 is 0 Å². The molecule has 0 aliphatic heterocycles. The lowest BCUT2D eigenvalue weighted by molar-refractivity contribution is -0.116. The minimum atomic E-state index is -3.63. The Kier molecular flexibility index (Phi) is 6.33. The van der Waals surface area contributed by atoms with Crippen molar-refractivity contribution in [3.05, 3.63) is 53.3 Å². The van der Waals surface area contributed by atoms with E-state index in [2.05, 4.69) is 10.6 Å². The van der Waals surface area contributed by atoms with Gasteiger partial charge in [0, 0.05) is 24.1 Å². The molecule has 0 bridgehead atoms. The standard InChI is InChI=1S/C17H16ClFN2O4S/c1-11(22)20-16-10-13(4-7-15(16)19)21-17(23)8-9-26(24,25)14-5-2-12(18)3-6-14/h2-7,10H,8-9H2,1H3,(H,20,22)(H,21,23). The Labute approximate surface area is 155 Å². The van der Waals surface area contributed by atoms with Gasteiger partial charge in [0.05, 0.1) is 16.3 Å². The van der Waals surface area contributed by atoms with Crippen LogP contribution in [0, 0.1) is 5.82 Å². The van der Waals surface area contributed by atoms with E-state index in [1.54, 1.807) is 0 Å². The van der Waals surface area contributed by atoms with E-state index in [-0.39, 0.29) is 28.4 Å². The molecule has 0 atom stereocenters. The first-order valence-electron chi connectivity index (χ1n) is 7.53. The van der Waals surface area contributed by atoms with E-state index in [1.165, 1.54) is 43.3 Å².